The molecule has 154 valence electrons. The number of pyridine rings is 1. The van der Waals surface area contributed by atoms with E-state index >= 15 is 0 Å². The number of carbonyl (C=O) groups is 1. The molecule has 1 aliphatic heterocycles. The maximum Gasteiger partial charge on any atom is 0.238 e. The lowest BCUT2D eigenvalue weighted by Crippen LogP contribution is -2.29. The lowest BCUT2D eigenvalue weighted by molar-refractivity contribution is -0.128. The molecule has 3 heterocycles. The van der Waals surface area contributed by atoms with Crippen LogP contribution in [0.15, 0.2) is 36.5 Å². The normalized spacial score (nSPS) is 13.8. The minimum absolute atomic E-state index is 0. The molecule has 3 aromatic rings. The third-order valence-electron chi connectivity index (χ3n) is 5.57. The van der Waals surface area contributed by atoms with Gasteiger partial charge in [-0.05, 0) is 38.0 Å². The molecular weight excluding hydrogens is 393 g/mol. The average Bonchev–Trinajstić information content (AvgIpc) is 3.21. The number of amides is 1. The maximum absolute atomic E-state index is 14.2. The molecule has 0 bridgehead atoms. The van der Waals surface area contributed by atoms with Crippen molar-refractivity contribution in [1.29, 1.82) is 0 Å². The van der Waals surface area contributed by atoms with Crippen LogP contribution in [0, 0.1) is 19.7 Å². The van der Waals surface area contributed by atoms with Gasteiger partial charge >= 0.3 is 0 Å². The third-order valence-corrected chi connectivity index (χ3v) is 5.57. The second kappa shape index (κ2) is 8.82. The van der Waals surface area contributed by atoms with Crippen LogP contribution in [0.1, 0.15) is 29.7 Å². The van der Waals surface area contributed by atoms with Gasteiger partial charge in [-0.3, -0.25) is 4.79 Å². The monoisotopic (exact) mass is 417 g/mol. The Kier molecular flexibility index (Phi) is 6.42. The molecule has 0 aliphatic carbocycles. The Morgan fingerprint density at radius 2 is 2.00 bits per heavy atom. The van der Waals surface area contributed by atoms with Crippen molar-refractivity contribution >= 4 is 29.2 Å². The van der Waals surface area contributed by atoms with Gasteiger partial charge in [0.1, 0.15) is 17.9 Å². The van der Waals surface area contributed by atoms with E-state index < -0.39 is 0 Å². The first-order chi connectivity index (χ1) is 13.6. The minimum Gasteiger partial charge on any atom is -0.474 e. The molecular formula is C22H25ClFN3O2. The summed E-state index contributed by atoms with van der Waals surface area (Å²) in [6.07, 6.45) is 3.27. The van der Waals surface area contributed by atoms with E-state index in [0.29, 0.717) is 37.6 Å². The van der Waals surface area contributed by atoms with Crippen molar-refractivity contribution < 1.29 is 13.9 Å². The van der Waals surface area contributed by atoms with Crippen molar-refractivity contribution in [3.63, 3.8) is 0 Å². The molecule has 2 aromatic heterocycles. The molecule has 4 rings (SSSR count). The van der Waals surface area contributed by atoms with Crippen molar-refractivity contribution in [1.82, 2.24) is 14.5 Å². The van der Waals surface area contributed by atoms with E-state index in [0.717, 1.165) is 35.1 Å². The van der Waals surface area contributed by atoms with Crippen LogP contribution in [-0.2, 0) is 11.3 Å². The van der Waals surface area contributed by atoms with Crippen LogP contribution < -0.4 is 4.74 Å². The number of fused-ring (bicyclic) bond motifs is 1. The van der Waals surface area contributed by atoms with Crippen LogP contribution in [0.2, 0.25) is 0 Å². The van der Waals surface area contributed by atoms with Crippen LogP contribution >= 0.6 is 12.4 Å². The van der Waals surface area contributed by atoms with Crippen LogP contribution in [0.5, 0.6) is 5.88 Å². The molecule has 1 aromatic carbocycles. The molecule has 0 atom stereocenters. The summed E-state index contributed by atoms with van der Waals surface area (Å²) in [6.45, 7) is 6.24. The molecule has 1 amide bonds. The quantitative estimate of drug-likeness (QED) is 0.602. The topological polar surface area (TPSA) is 47.4 Å². The van der Waals surface area contributed by atoms with Gasteiger partial charge in [-0.1, -0.05) is 18.2 Å². The molecule has 29 heavy (non-hydrogen) atoms. The molecule has 1 fully saturated rings. The number of hydrogen-bond donors (Lipinski definition) is 0. The molecule has 1 saturated heterocycles. The van der Waals surface area contributed by atoms with Crippen LogP contribution in [0.4, 0.5) is 4.39 Å². The van der Waals surface area contributed by atoms with Gasteiger partial charge < -0.3 is 14.2 Å². The Labute approximate surface area is 175 Å². The van der Waals surface area contributed by atoms with E-state index in [-0.39, 0.29) is 24.1 Å². The van der Waals surface area contributed by atoms with Gasteiger partial charge in [0.2, 0.25) is 11.8 Å². The number of nitrogens with zero attached hydrogens (tertiary/aromatic N) is 3. The minimum atomic E-state index is -0.222. The SMILES string of the molecule is Cc1c(C)n(Cc2ccccc2F)c2c(OCCN3CCCC3=O)nccc12.Cl. The lowest BCUT2D eigenvalue weighted by Gasteiger charge is -2.16. The number of hydrogen-bond acceptors (Lipinski definition) is 3. The molecule has 0 unspecified atom stereocenters. The van der Waals surface area contributed by atoms with Crippen molar-refractivity contribution in [2.75, 3.05) is 19.7 Å². The van der Waals surface area contributed by atoms with Gasteiger partial charge in [-0.2, -0.15) is 0 Å². The summed E-state index contributed by atoms with van der Waals surface area (Å²) >= 11 is 0. The highest BCUT2D eigenvalue weighted by Gasteiger charge is 2.21. The van der Waals surface area contributed by atoms with Gasteiger partial charge in [-0.15, -0.1) is 12.4 Å². The zero-order valence-electron chi connectivity index (χ0n) is 16.7. The van der Waals surface area contributed by atoms with Crippen LogP contribution in [0.3, 0.4) is 0 Å². The Hall–Kier alpha value is -2.60. The molecule has 5 nitrogen and oxygen atoms in total. The molecule has 7 heteroatoms. The standard InChI is InChI=1S/C22H24FN3O2.ClH/c1-15-16(2)26(14-17-6-3-4-7-19(17)23)21-18(15)9-10-24-22(21)28-13-12-25-11-5-8-20(25)27;/h3-4,6-7,9-10H,5,8,11-14H2,1-2H3;1H. The Balaban J connectivity index is 0.00000240. The van der Waals surface area contributed by atoms with Gasteiger partial charge in [0.25, 0.3) is 0 Å². The number of aryl methyl sites for hydroxylation is 1. The van der Waals surface area contributed by atoms with E-state index in [1.54, 1.807) is 18.3 Å². The van der Waals surface area contributed by atoms with Gasteiger partial charge in [-0.25, -0.2) is 9.37 Å². The Morgan fingerprint density at radius 3 is 2.72 bits per heavy atom. The Bertz CT molecular complexity index is 1030. The predicted molar refractivity (Wildman–Crippen MR) is 113 cm³/mol. The fourth-order valence-corrected chi connectivity index (χ4v) is 3.86. The highest BCUT2D eigenvalue weighted by atomic mass is 35.5. The first-order valence-electron chi connectivity index (χ1n) is 9.64. The molecule has 0 saturated carbocycles. The van der Waals surface area contributed by atoms with Crippen LogP contribution in [-0.4, -0.2) is 40.1 Å². The number of aromatic nitrogens is 2. The fraction of sp³-hybridized carbons (Fsp3) is 0.364. The summed E-state index contributed by atoms with van der Waals surface area (Å²) in [5.41, 5.74) is 3.69. The van der Waals surface area contributed by atoms with E-state index in [1.165, 1.54) is 6.07 Å². The van der Waals surface area contributed by atoms with E-state index in [2.05, 4.69) is 16.5 Å². The largest absolute Gasteiger partial charge is 0.474 e. The average molecular weight is 418 g/mol. The highest BCUT2D eigenvalue weighted by molar-refractivity contribution is 5.89. The second-order valence-corrected chi connectivity index (χ2v) is 7.23. The summed E-state index contributed by atoms with van der Waals surface area (Å²) in [7, 11) is 0. The van der Waals surface area contributed by atoms with Gasteiger partial charge in [0.15, 0.2) is 0 Å². The third kappa shape index (κ3) is 4.08. The number of halogens is 2. The molecule has 0 N–H and O–H groups in total. The van der Waals surface area contributed by atoms with E-state index in [4.69, 9.17) is 4.74 Å². The zero-order valence-corrected chi connectivity index (χ0v) is 17.5. The van der Waals surface area contributed by atoms with Crippen LogP contribution in [0.25, 0.3) is 10.9 Å². The summed E-state index contributed by atoms with van der Waals surface area (Å²) < 4.78 is 22.3. The summed E-state index contributed by atoms with van der Waals surface area (Å²) in [4.78, 5) is 18.0. The van der Waals surface area contributed by atoms with Crippen molar-refractivity contribution in [2.45, 2.75) is 33.2 Å². The van der Waals surface area contributed by atoms with Crippen molar-refractivity contribution in [3.05, 3.63) is 59.2 Å². The number of benzene rings is 1. The summed E-state index contributed by atoms with van der Waals surface area (Å²) in [5.74, 6) is 0.487. The van der Waals surface area contributed by atoms with E-state index in [9.17, 15) is 9.18 Å². The number of rotatable bonds is 6. The number of carbonyl (C=O) groups excluding carboxylic acids is 1. The molecule has 0 radical (unpaired) electrons. The number of likely N-dealkylation sites (tertiary alicyclic amines) is 1. The predicted octanol–water partition coefficient (Wildman–Crippen LogP) is 4.26. The smallest absolute Gasteiger partial charge is 0.238 e. The second-order valence-electron chi connectivity index (χ2n) is 7.23. The molecule has 1 aliphatic rings. The lowest BCUT2D eigenvalue weighted by atomic mass is 10.2. The van der Waals surface area contributed by atoms with Crippen molar-refractivity contribution in [3.8, 4) is 5.88 Å². The zero-order chi connectivity index (χ0) is 19.7. The number of ether oxygens (including phenoxy) is 1. The highest BCUT2D eigenvalue weighted by Crippen LogP contribution is 2.31. The fourth-order valence-electron chi connectivity index (χ4n) is 3.86. The summed E-state index contributed by atoms with van der Waals surface area (Å²) in [5, 5.41) is 1.05. The van der Waals surface area contributed by atoms with Crippen molar-refractivity contribution in [2.24, 2.45) is 0 Å². The summed E-state index contributed by atoms with van der Waals surface area (Å²) in [6, 6.07) is 8.78. The Morgan fingerprint density at radius 1 is 1.21 bits per heavy atom. The maximum atomic E-state index is 14.2. The van der Waals surface area contributed by atoms with E-state index in [1.807, 2.05) is 24.0 Å². The molecule has 0 spiro atoms. The van der Waals surface area contributed by atoms with Gasteiger partial charge in [0, 0.05) is 35.8 Å². The first kappa shape index (κ1) is 21.1. The van der Waals surface area contributed by atoms with Gasteiger partial charge in [0.05, 0.1) is 13.1 Å². The first-order valence-corrected chi connectivity index (χ1v) is 9.64.